The molecule has 0 bridgehead atoms. The fraction of sp³-hybridized carbons (Fsp3) is 0.333. The highest BCUT2D eigenvalue weighted by molar-refractivity contribution is 8.02. The lowest BCUT2D eigenvalue weighted by Crippen LogP contribution is -2.00. The zero-order valence-electron chi connectivity index (χ0n) is 3.57. The molecule has 0 fully saturated rings. The first kappa shape index (κ1) is 4.64. The highest BCUT2D eigenvalue weighted by Gasteiger charge is 2.00. The molecule has 38 valence electrons. The Morgan fingerprint density at radius 2 is 2.71 bits per heavy atom. The summed E-state index contributed by atoms with van der Waals surface area (Å²) in [5.41, 5.74) is 0. The molecule has 0 radical (unpaired) electrons. The van der Waals surface area contributed by atoms with Crippen molar-refractivity contribution in [1.82, 2.24) is 5.01 Å². The van der Waals surface area contributed by atoms with Crippen LogP contribution in [0.5, 0.6) is 0 Å². The summed E-state index contributed by atoms with van der Waals surface area (Å²) in [6.07, 6.45) is 1.65. The normalized spacial score (nSPS) is 18.0. The van der Waals surface area contributed by atoms with E-state index in [2.05, 4.69) is 5.29 Å². The van der Waals surface area contributed by atoms with Crippen molar-refractivity contribution in [2.45, 2.75) is 0 Å². The molecule has 0 unspecified atom stereocenters. The van der Waals surface area contributed by atoms with Crippen LogP contribution in [0.25, 0.3) is 0 Å². The smallest absolute Gasteiger partial charge is 0.0936 e. The Morgan fingerprint density at radius 3 is 3.00 bits per heavy atom. The Kier molecular flexibility index (Phi) is 1.31. The van der Waals surface area contributed by atoms with Crippen LogP contribution >= 0.6 is 11.8 Å². The Morgan fingerprint density at radius 1 is 1.86 bits per heavy atom. The van der Waals surface area contributed by atoms with Gasteiger partial charge in [-0.3, -0.25) is 0 Å². The van der Waals surface area contributed by atoms with Crippen LogP contribution < -0.4 is 0 Å². The van der Waals surface area contributed by atoms with Crippen molar-refractivity contribution in [3.05, 3.63) is 16.5 Å². The zero-order valence-corrected chi connectivity index (χ0v) is 4.39. The summed E-state index contributed by atoms with van der Waals surface area (Å²) in [5, 5.41) is 5.84. The largest absolute Gasteiger partial charge is 0.226 e. The van der Waals surface area contributed by atoms with Crippen LogP contribution in [0.4, 0.5) is 0 Å². The quantitative estimate of drug-likeness (QED) is 0.482. The van der Waals surface area contributed by atoms with Crippen LogP contribution in [0.3, 0.4) is 0 Å². The highest BCUT2D eigenvalue weighted by Crippen LogP contribution is 2.13. The molecule has 0 aromatic carbocycles. The first-order valence-electron chi connectivity index (χ1n) is 1.81. The van der Waals surface area contributed by atoms with Gasteiger partial charge in [0.25, 0.3) is 0 Å². The fourth-order valence-corrected chi connectivity index (χ4v) is 0.925. The summed E-state index contributed by atoms with van der Waals surface area (Å²) in [4.78, 5) is 9.62. The van der Waals surface area contributed by atoms with Crippen molar-refractivity contribution in [2.24, 2.45) is 5.29 Å². The topological polar surface area (TPSA) is 32.7 Å². The van der Waals surface area contributed by atoms with E-state index in [4.69, 9.17) is 0 Å². The van der Waals surface area contributed by atoms with Gasteiger partial charge in [0.05, 0.1) is 11.2 Å². The van der Waals surface area contributed by atoms with Crippen molar-refractivity contribution < 1.29 is 0 Å². The molecule has 7 heavy (non-hydrogen) atoms. The van der Waals surface area contributed by atoms with E-state index in [9.17, 15) is 4.91 Å². The van der Waals surface area contributed by atoms with Gasteiger partial charge in [0.1, 0.15) is 0 Å². The SMILES string of the molecule is O=NN1C=CSC1. The predicted octanol–water partition coefficient (Wildman–Crippen LogP) is 1.15. The van der Waals surface area contributed by atoms with E-state index in [0.29, 0.717) is 5.88 Å². The minimum atomic E-state index is 0.670. The van der Waals surface area contributed by atoms with Gasteiger partial charge in [0.15, 0.2) is 0 Å². The molecule has 0 aliphatic carbocycles. The van der Waals surface area contributed by atoms with Gasteiger partial charge in [-0.05, 0) is 5.41 Å². The van der Waals surface area contributed by atoms with Gasteiger partial charge in [0, 0.05) is 6.20 Å². The number of nitroso groups, excluding NO2 is 1. The molecule has 3 nitrogen and oxygen atoms in total. The van der Waals surface area contributed by atoms with Crippen LogP contribution in [0, 0.1) is 4.91 Å². The number of rotatable bonds is 1. The molecule has 1 aliphatic rings. The number of thioether (sulfide) groups is 1. The third-order valence-electron chi connectivity index (χ3n) is 0.641. The monoisotopic (exact) mass is 116 g/mol. The van der Waals surface area contributed by atoms with Gasteiger partial charge < -0.3 is 0 Å². The third kappa shape index (κ3) is 0.928. The summed E-state index contributed by atoms with van der Waals surface area (Å²) in [7, 11) is 0. The lowest BCUT2D eigenvalue weighted by atomic mass is 11.0. The van der Waals surface area contributed by atoms with Crippen LogP contribution in [0.15, 0.2) is 16.9 Å². The Labute approximate surface area is 45.3 Å². The van der Waals surface area contributed by atoms with Crippen molar-refractivity contribution in [3.63, 3.8) is 0 Å². The van der Waals surface area contributed by atoms with Crippen molar-refractivity contribution in [2.75, 3.05) is 5.88 Å². The van der Waals surface area contributed by atoms with Crippen LogP contribution in [-0.4, -0.2) is 10.9 Å². The molecule has 1 heterocycles. The number of hydrogen-bond acceptors (Lipinski definition) is 3. The number of nitrogens with zero attached hydrogens (tertiary/aromatic N) is 2. The van der Waals surface area contributed by atoms with E-state index in [-0.39, 0.29) is 0 Å². The van der Waals surface area contributed by atoms with E-state index < -0.39 is 0 Å². The van der Waals surface area contributed by atoms with Gasteiger partial charge in [0.2, 0.25) is 0 Å². The highest BCUT2D eigenvalue weighted by atomic mass is 32.2. The van der Waals surface area contributed by atoms with Crippen LogP contribution in [0.2, 0.25) is 0 Å². The summed E-state index contributed by atoms with van der Waals surface area (Å²) < 4.78 is 0. The first-order chi connectivity index (χ1) is 3.43. The summed E-state index contributed by atoms with van der Waals surface area (Å²) in [6, 6.07) is 0. The summed E-state index contributed by atoms with van der Waals surface area (Å²) in [6.45, 7) is 0. The average molecular weight is 116 g/mol. The molecule has 0 amide bonds. The van der Waals surface area contributed by atoms with Gasteiger partial charge in [-0.1, -0.05) is 0 Å². The molecule has 0 saturated carbocycles. The molecule has 0 aromatic heterocycles. The molecular formula is C3H4N2OS. The average Bonchev–Trinajstić information content (AvgIpc) is 2.14. The standard InChI is InChI=1S/C3H4N2OS/c6-4-5-1-2-7-3-5/h1-2H,3H2. The van der Waals surface area contributed by atoms with E-state index in [1.54, 1.807) is 18.0 Å². The Hall–Kier alpha value is -0.510. The van der Waals surface area contributed by atoms with E-state index in [1.165, 1.54) is 5.01 Å². The van der Waals surface area contributed by atoms with Gasteiger partial charge in [-0.25, -0.2) is 5.01 Å². The minimum absolute atomic E-state index is 0.670. The van der Waals surface area contributed by atoms with Gasteiger partial charge >= 0.3 is 0 Å². The molecule has 0 spiro atoms. The summed E-state index contributed by atoms with van der Waals surface area (Å²) in [5.74, 6) is 0.670. The molecule has 0 saturated heterocycles. The lowest BCUT2D eigenvalue weighted by Gasteiger charge is -1.96. The molecular weight excluding hydrogens is 112 g/mol. The maximum Gasteiger partial charge on any atom is 0.0936 e. The summed E-state index contributed by atoms with van der Waals surface area (Å²) >= 11 is 1.56. The van der Waals surface area contributed by atoms with Crippen LogP contribution in [-0.2, 0) is 0 Å². The maximum atomic E-state index is 9.62. The fourth-order valence-electron chi connectivity index (χ4n) is 0.327. The predicted molar refractivity (Wildman–Crippen MR) is 29.2 cm³/mol. The Balaban J connectivity index is 2.42. The van der Waals surface area contributed by atoms with E-state index in [0.717, 1.165) is 0 Å². The number of hydrogen-bond donors (Lipinski definition) is 0. The molecule has 1 aliphatic heterocycles. The molecule has 4 heteroatoms. The molecule has 1 rings (SSSR count). The lowest BCUT2D eigenvalue weighted by molar-refractivity contribution is 0.473. The third-order valence-corrected chi connectivity index (χ3v) is 1.37. The van der Waals surface area contributed by atoms with Gasteiger partial charge in [-0.15, -0.1) is 16.7 Å². The maximum absolute atomic E-state index is 9.62. The van der Waals surface area contributed by atoms with E-state index >= 15 is 0 Å². The molecule has 0 N–H and O–H groups in total. The van der Waals surface area contributed by atoms with Crippen molar-refractivity contribution >= 4 is 11.8 Å². The van der Waals surface area contributed by atoms with Crippen LogP contribution in [0.1, 0.15) is 0 Å². The first-order valence-corrected chi connectivity index (χ1v) is 2.86. The van der Waals surface area contributed by atoms with Gasteiger partial charge in [-0.2, -0.15) is 0 Å². The second-order valence-corrected chi connectivity index (χ2v) is 1.97. The second kappa shape index (κ2) is 1.97. The van der Waals surface area contributed by atoms with E-state index in [1.807, 2.05) is 5.41 Å². The zero-order chi connectivity index (χ0) is 5.11. The van der Waals surface area contributed by atoms with Crippen molar-refractivity contribution in [3.8, 4) is 0 Å². The Bertz CT molecular complexity index is 103. The molecule has 0 atom stereocenters. The second-order valence-electron chi connectivity index (χ2n) is 1.10. The minimum Gasteiger partial charge on any atom is -0.226 e. The van der Waals surface area contributed by atoms with Crippen molar-refractivity contribution in [1.29, 1.82) is 0 Å². The molecule has 0 aromatic rings.